The molecule has 20 heavy (non-hydrogen) atoms. The van der Waals surface area contributed by atoms with Gasteiger partial charge in [-0.15, -0.1) is 0 Å². The van der Waals surface area contributed by atoms with Crippen LogP contribution >= 0.6 is 0 Å². The Labute approximate surface area is 117 Å². The lowest BCUT2D eigenvalue weighted by Crippen LogP contribution is -2.39. The van der Waals surface area contributed by atoms with Gasteiger partial charge in [0.05, 0.1) is 11.6 Å². The Morgan fingerprint density at radius 3 is 2.90 bits per heavy atom. The van der Waals surface area contributed by atoms with Gasteiger partial charge in [0.15, 0.2) is 5.82 Å². The molecule has 0 radical (unpaired) electrons. The number of aromatic nitrogens is 3. The van der Waals surface area contributed by atoms with Crippen molar-refractivity contribution in [2.24, 2.45) is 11.3 Å². The summed E-state index contributed by atoms with van der Waals surface area (Å²) in [6.07, 6.45) is 5.87. The second kappa shape index (κ2) is 4.47. The van der Waals surface area contributed by atoms with Crippen LogP contribution in [0.2, 0.25) is 0 Å². The number of hydrogen-bond acceptors (Lipinski definition) is 4. The molecule has 6 heteroatoms. The molecule has 3 rings (SSSR count). The summed E-state index contributed by atoms with van der Waals surface area (Å²) in [5.74, 6) is 0.193. The molecule has 1 saturated heterocycles. The molecule has 0 bridgehead atoms. The molecule has 1 N–H and O–H groups in total. The van der Waals surface area contributed by atoms with Gasteiger partial charge in [0.2, 0.25) is 0 Å². The summed E-state index contributed by atoms with van der Waals surface area (Å²) < 4.78 is 1.76. The van der Waals surface area contributed by atoms with Crippen LogP contribution in [0.1, 0.15) is 20.3 Å². The Balaban J connectivity index is 1.98. The molecule has 0 aliphatic carbocycles. The number of anilines is 1. The molecule has 0 spiro atoms. The molecule has 1 unspecified atom stereocenters. The van der Waals surface area contributed by atoms with Crippen molar-refractivity contribution in [2.75, 3.05) is 18.0 Å². The van der Waals surface area contributed by atoms with E-state index >= 15 is 0 Å². The van der Waals surface area contributed by atoms with Crippen LogP contribution in [-0.4, -0.2) is 38.8 Å². The molecular weight excluding hydrogens is 256 g/mol. The minimum Gasteiger partial charge on any atom is -0.481 e. The van der Waals surface area contributed by atoms with Crippen LogP contribution < -0.4 is 4.90 Å². The summed E-state index contributed by atoms with van der Waals surface area (Å²) in [7, 11) is 0. The third kappa shape index (κ3) is 1.75. The largest absolute Gasteiger partial charge is 0.481 e. The van der Waals surface area contributed by atoms with Crippen LogP contribution in [0.5, 0.6) is 0 Å². The predicted molar refractivity (Wildman–Crippen MR) is 74.7 cm³/mol. The highest BCUT2D eigenvalue weighted by atomic mass is 16.4. The number of fused-ring (bicyclic) bond motifs is 1. The predicted octanol–water partition coefficient (Wildman–Crippen LogP) is 1.67. The van der Waals surface area contributed by atoms with Crippen molar-refractivity contribution in [3.05, 3.63) is 24.7 Å². The van der Waals surface area contributed by atoms with E-state index in [-0.39, 0.29) is 5.92 Å². The first-order valence-corrected chi connectivity index (χ1v) is 6.81. The van der Waals surface area contributed by atoms with E-state index in [0.717, 1.165) is 11.3 Å². The molecule has 0 amide bonds. The van der Waals surface area contributed by atoms with E-state index in [1.165, 1.54) is 0 Å². The highest BCUT2D eigenvalue weighted by molar-refractivity contribution is 5.78. The van der Waals surface area contributed by atoms with Gasteiger partial charge in [-0.1, -0.05) is 13.8 Å². The fourth-order valence-electron chi connectivity index (χ4n) is 2.99. The van der Waals surface area contributed by atoms with Crippen LogP contribution in [0.3, 0.4) is 0 Å². The molecule has 1 fully saturated rings. The van der Waals surface area contributed by atoms with Gasteiger partial charge in [-0.25, -0.2) is 9.50 Å². The van der Waals surface area contributed by atoms with Crippen LogP contribution in [0.25, 0.3) is 5.52 Å². The van der Waals surface area contributed by atoms with Crippen molar-refractivity contribution >= 4 is 17.3 Å². The SMILES string of the molecule is CC(C)C1(C(=O)O)CCN(c2nccn3nccc23)C1. The second-order valence-electron chi connectivity index (χ2n) is 5.70. The summed E-state index contributed by atoms with van der Waals surface area (Å²) >= 11 is 0. The molecular formula is C14H18N4O2. The Hall–Kier alpha value is -2.11. The monoisotopic (exact) mass is 274 g/mol. The van der Waals surface area contributed by atoms with Gasteiger partial charge in [-0.3, -0.25) is 4.79 Å². The zero-order valence-electron chi connectivity index (χ0n) is 11.7. The number of carbonyl (C=O) groups is 1. The van der Waals surface area contributed by atoms with Gasteiger partial charge in [0, 0.05) is 25.5 Å². The molecule has 1 atom stereocenters. The lowest BCUT2D eigenvalue weighted by Gasteiger charge is -2.29. The van der Waals surface area contributed by atoms with Crippen LogP contribution in [0.15, 0.2) is 24.7 Å². The number of carboxylic acid groups (broad SMARTS) is 1. The van der Waals surface area contributed by atoms with Crippen molar-refractivity contribution in [1.82, 2.24) is 14.6 Å². The maximum atomic E-state index is 11.7. The molecule has 6 nitrogen and oxygen atoms in total. The molecule has 1 aliphatic rings. The first kappa shape index (κ1) is 12.9. The summed E-state index contributed by atoms with van der Waals surface area (Å²) in [5.41, 5.74) is 0.228. The molecule has 106 valence electrons. The summed E-state index contributed by atoms with van der Waals surface area (Å²) in [6, 6.07) is 1.90. The second-order valence-corrected chi connectivity index (χ2v) is 5.70. The third-order valence-corrected chi connectivity index (χ3v) is 4.44. The van der Waals surface area contributed by atoms with Crippen LogP contribution in [0, 0.1) is 11.3 Å². The minimum absolute atomic E-state index is 0.0923. The van der Waals surface area contributed by atoms with Gasteiger partial charge in [0.1, 0.15) is 5.52 Å². The zero-order chi connectivity index (χ0) is 14.3. The molecule has 2 aromatic rings. The van der Waals surface area contributed by atoms with Gasteiger partial charge in [0.25, 0.3) is 0 Å². The Morgan fingerprint density at radius 2 is 2.25 bits per heavy atom. The van der Waals surface area contributed by atoms with Gasteiger partial charge in [-0.2, -0.15) is 5.10 Å². The average Bonchev–Trinajstić information content (AvgIpc) is 3.05. The van der Waals surface area contributed by atoms with E-state index in [1.54, 1.807) is 23.1 Å². The van der Waals surface area contributed by atoms with E-state index in [4.69, 9.17) is 0 Å². The van der Waals surface area contributed by atoms with Crippen LogP contribution in [-0.2, 0) is 4.79 Å². The number of aliphatic carboxylic acids is 1. The fourth-order valence-corrected chi connectivity index (χ4v) is 2.99. The maximum absolute atomic E-state index is 11.7. The number of rotatable bonds is 3. The van der Waals surface area contributed by atoms with Gasteiger partial charge < -0.3 is 10.0 Å². The van der Waals surface area contributed by atoms with Crippen molar-refractivity contribution in [3.8, 4) is 0 Å². The fraction of sp³-hybridized carbons (Fsp3) is 0.500. The van der Waals surface area contributed by atoms with Crippen molar-refractivity contribution in [3.63, 3.8) is 0 Å². The van der Waals surface area contributed by atoms with E-state index in [0.29, 0.717) is 19.5 Å². The quantitative estimate of drug-likeness (QED) is 0.921. The van der Waals surface area contributed by atoms with E-state index in [9.17, 15) is 9.90 Å². The minimum atomic E-state index is -0.713. The molecule has 2 aromatic heterocycles. The topological polar surface area (TPSA) is 70.7 Å². The van der Waals surface area contributed by atoms with Gasteiger partial charge >= 0.3 is 5.97 Å². The number of hydrogen-bond donors (Lipinski definition) is 1. The summed E-state index contributed by atoms with van der Waals surface area (Å²) in [4.78, 5) is 18.2. The van der Waals surface area contributed by atoms with E-state index in [2.05, 4.69) is 15.0 Å². The summed E-state index contributed by atoms with van der Waals surface area (Å²) in [5, 5.41) is 13.8. The Kier molecular flexibility index (Phi) is 2.88. The Bertz CT molecular complexity index is 651. The summed E-state index contributed by atoms with van der Waals surface area (Å²) in [6.45, 7) is 5.16. The van der Waals surface area contributed by atoms with E-state index < -0.39 is 11.4 Å². The smallest absolute Gasteiger partial charge is 0.311 e. The van der Waals surface area contributed by atoms with Crippen molar-refractivity contribution in [1.29, 1.82) is 0 Å². The number of nitrogens with zero attached hydrogens (tertiary/aromatic N) is 4. The first-order chi connectivity index (χ1) is 9.54. The molecule has 1 aliphatic heterocycles. The zero-order valence-corrected chi connectivity index (χ0v) is 11.7. The van der Waals surface area contributed by atoms with Crippen LogP contribution in [0.4, 0.5) is 5.82 Å². The highest BCUT2D eigenvalue weighted by Crippen LogP contribution is 2.40. The molecule has 0 aromatic carbocycles. The molecule has 0 saturated carbocycles. The lowest BCUT2D eigenvalue weighted by molar-refractivity contribution is -0.150. The normalized spacial score (nSPS) is 22.9. The highest BCUT2D eigenvalue weighted by Gasteiger charge is 2.47. The average molecular weight is 274 g/mol. The van der Waals surface area contributed by atoms with E-state index in [1.807, 2.05) is 19.9 Å². The maximum Gasteiger partial charge on any atom is 0.311 e. The third-order valence-electron chi connectivity index (χ3n) is 4.44. The number of carboxylic acids is 1. The lowest BCUT2D eigenvalue weighted by atomic mass is 9.76. The van der Waals surface area contributed by atoms with Crippen molar-refractivity contribution < 1.29 is 9.90 Å². The Morgan fingerprint density at radius 1 is 1.45 bits per heavy atom. The first-order valence-electron chi connectivity index (χ1n) is 6.81. The van der Waals surface area contributed by atoms with Gasteiger partial charge in [-0.05, 0) is 18.4 Å². The molecule has 3 heterocycles. The van der Waals surface area contributed by atoms with Crippen molar-refractivity contribution in [2.45, 2.75) is 20.3 Å². The standard InChI is InChI=1S/C14H18N4O2/c1-10(2)14(13(19)20)4-7-17(9-14)12-11-3-5-16-18(11)8-6-15-12/h3,5-6,8,10H,4,7,9H2,1-2H3,(H,19,20).